The first kappa shape index (κ1) is 26.3. The number of amides is 3. The number of hydroxylamine groups is 3. The van der Waals surface area contributed by atoms with Gasteiger partial charge in [-0.1, -0.05) is 11.8 Å². The smallest absolute Gasteiger partial charge is 0.266 e. The molecule has 4 rings (SSSR count). The van der Waals surface area contributed by atoms with Crippen LogP contribution in [0.15, 0.2) is 82.8 Å². The van der Waals surface area contributed by atoms with Crippen molar-refractivity contribution in [1.29, 1.82) is 0 Å². The molecule has 0 radical (unpaired) electrons. The Morgan fingerprint density at radius 2 is 1.51 bits per heavy atom. The molecule has 3 aromatic rings. The van der Waals surface area contributed by atoms with Gasteiger partial charge >= 0.3 is 24.1 Å². The summed E-state index contributed by atoms with van der Waals surface area (Å²) in [5.74, 6) is -3.82. The molecule has 12 heteroatoms. The molecule has 192 valence electrons. The molecule has 3 amide bonds. The van der Waals surface area contributed by atoms with Crippen LogP contribution in [0.25, 0.3) is 0 Å². The minimum atomic E-state index is -5.39. The minimum Gasteiger partial charge on any atom is -0.266 e. The lowest BCUT2D eigenvalue weighted by Gasteiger charge is -2.35. The normalized spacial score (nSPS) is 19.2. The van der Waals surface area contributed by atoms with Crippen LogP contribution >= 0.6 is 11.8 Å². The monoisotopic (exact) mass is 534 g/mol. The number of carbonyl (C=O) groups excluding carboxylic acids is 3. The van der Waals surface area contributed by atoms with E-state index in [1.807, 2.05) is 0 Å². The molecule has 1 aliphatic rings. The number of aromatic nitrogens is 1. The lowest BCUT2D eigenvalue weighted by atomic mass is 10.0. The summed E-state index contributed by atoms with van der Waals surface area (Å²) in [6.07, 6.45) is -2.67. The Kier molecular flexibility index (Phi) is 6.82. The van der Waals surface area contributed by atoms with Crippen molar-refractivity contribution in [2.24, 2.45) is 0 Å². The van der Waals surface area contributed by atoms with Crippen molar-refractivity contribution in [3.8, 4) is 0 Å². The molecular weight excluding hydrogens is 514 g/mol. The average Bonchev–Trinajstić information content (AvgIpc) is 2.98. The first-order valence-electron chi connectivity index (χ1n) is 10.9. The summed E-state index contributed by atoms with van der Waals surface area (Å²) in [4.78, 5) is 50.0. The second kappa shape index (κ2) is 9.60. The fourth-order valence-electron chi connectivity index (χ4n) is 3.83. The van der Waals surface area contributed by atoms with Crippen molar-refractivity contribution in [3.05, 3.63) is 84.4 Å². The SMILES string of the molecule is CC1(C)C(=O)N(c2ccc(Sc3ccc(F)cc3)cc2)C(=O)[N+]1(Cc1ccncc1)OC(=O)C(F)(F)F. The summed E-state index contributed by atoms with van der Waals surface area (Å²) in [6.45, 7) is 1.96. The number of halogens is 4. The van der Waals surface area contributed by atoms with E-state index in [2.05, 4.69) is 4.98 Å². The fourth-order valence-corrected chi connectivity index (χ4v) is 4.65. The lowest BCUT2D eigenvalue weighted by molar-refractivity contribution is -1.06. The summed E-state index contributed by atoms with van der Waals surface area (Å²) < 4.78 is 51.3. The van der Waals surface area contributed by atoms with Crippen molar-refractivity contribution in [1.82, 2.24) is 4.98 Å². The van der Waals surface area contributed by atoms with E-state index in [0.29, 0.717) is 10.5 Å². The van der Waals surface area contributed by atoms with Gasteiger partial charge < -0.3 is 0 Å². The number of urea groups is 1. The largest absolute Gasteiger partial charge is 0.497 e. The van der Waals surface area contributed by atoms with Gasteiger partial charge in [0.2, 0.25) is 5.54 Å². The Hall–Kier alpha value is -3.77. The van der Waals surface area contributed by atoms with Crippen molar-refractivity contribution >= 4 is 35.4 Å². The first-order chi connectivity index (χ1) is 17.3. The number of hydrogen-bond donors (Lipinski definition) is 0. The molecular formula is C25H20F4N3O4S+. The van der Waals surface area contributed by atoms with Gasteiger partial charge in [0.25, 0.3) is 0 Å². The number of carbonyl (C=O) groups is 3. The molecule has 2 heterocycles. The number of imide groups is 1. The number of benzene rings is 2. The predicted octanol–water partition coefficient (Wildman–Crippen LogP) is 5.65. The van der Waals surface area contributed by atoms with Crippen LogP contribution in [0.5, 0.6) is 0 Å². The molecule has 1 aromatic heterocycles. The lowest BCUT2D eigenvalue weighted by Crippen LogP contribution is -2.62. The molecule has 1 fully saturated rings. The van der Waals surface area contributed by atoms with Crippen LogP contribution in [0, 0.1) is 5.82 Å². The van der Waals surface area contributed by atoms with Gasteiger partial charge in [0, 0.05) is 41.6 Å². The van der Waals surface area contributed by atoms with Gasteiger partial charge in [-0.15, -0.1) is 0 Å². The Balaban J connectivity index is 1.70. The Morgan fingerprint density at radius 1 is 0.973 bits per heavy atom. The molecule has 1 saturated heterocycles. The average molecular weight is 535 g/mol. The molecule has 0 saturated carbocycles. The second-order valence-electron chi connectivity index (χ2n) is 8.66. The standard InChI is InChI=1S/C25H20F4N3O4S/c1-24(2)21(33)31(18-5-9-20(10-6-18)37-19-7-3-17(26)4-8-19)23(35)32(24,36-22(34)25(27,28)29)15-16-11-13-30-14-12-16/h3-14H,15H2,1-2H3/q+1. The zero-order chi connectivity index (χ0) is 27.0. The molecule has 2 aromatic carbocycles. The van der Waals surface area contributed by atoms with Crippen LogP contribution in [0.3, 0.4) is 0 Å². The van der Waals surface area contributed by atoms with Crippen LogP contribution in [0.2, 0.25) is 0 Å². The van der Waals surface area contributed by atoms with Crippen LogP contribution in [0.1, 0.15) is 19.4 Å². The Morgan fingerprint density at radius 3 is 2.05 bits per heavy atom. The van der Waals surface area contributed by atoms with Crippen LogP contribution in [-0.4, -0.2) is 39.3 Å². The molecule has 1 aliphatic heterocycles. The third-order valence-electron chi connectivity index (χ3n) is 5.90. The van der Waals surface area contributed by atoms with Crippen molar-refractivity contribution in [2.75, 3.05) is 4.90 Å². The summed E-state index contributed by atoms with van der Waals surface area (Å²) in [6, 6.07) is 13.6. The van der Waals surface area contributed by atoms with Gasteiger partial charge in [0.1, 0.15) is 5.82 Å². The summed E-state index contributed by atoms with van der Waals surface area (Å²) in [7, 11) is 0. The highest BCUT2D eigenvalue weighted by Gasteiger charge is 2.71. The molecule has 1 unspecified atom stereocenters. The summed E-state index contributed by atoms with van der Waals surface area (Å²) in [5, 5.41) is 0. The maximum Gasteiger partial charge on any atom is 0.497 e. The zero-order valence-electron chi connectivity index (χ0n) is 19.5. The van der Waals surface area contributed by atoms with Gasteiger partial charge in [-0.2, -0.15) is 18.1 Å². The quantitative estimate of drug-likeness (QED) is 0.231. The molecule has 0 spiro atoms. The van der Waals surface area contributed by atoms with E-state index < -0.39 is 40.8 Å². The van der Waals surface area contributed by atoms with Crippen LogP contribution < -0.4 is 4.90 Å². The number of nitrogens with zero attached hydrogens (tertiary/aromatic N) is 3. The van der Waals surface area contributed by atoms with E-state index in [1.54, 1.807) is 24.3 Å². The zero-order valence-corrected chi connectivity index (χ0v) is 20.3. The highest BCUT2D eigenvalue weighted by Crippen LogP contribution is 2.42. The third-order valence-corrected chi connectivity index (χ3v) is 6.91. The number of rotatable bonds is 6. The minimum absolute atomic E-state index is 0.0873. The Labute approximate surface area is 213 Å². The van der Waals surface area contributed by atoms with E-state index in [9.17, 15) is 31.9 Å². The summed E-state index contributed by atoms with van der Waals surface area (Å²) >= 11 is 1.30. The molecule has 0 bridgehead atoms. The Bertz CT molecular complexity index is 1330. The second-order valence-corrected chi connectivity index (χ2v) is 9.81. The highest BCUT2D eigenvalue weighted by atomic mass is 32.2. The third kappa shape index (κ3) is 4.94. The van der Waals surface area contributed by atoms with Crippen LogP contribution in [-0.2, 0) is 21.0 Å². The van der Waals surface area contributed by atoms with Crippen molar-refractivity contribution in [3.63, 3.8) is 0 Å². The number of hydrogen-bond acceptors (Lipinski definition) is 6. The molecule has 7 nitrogen and oxygen atoms in total. The fraction of sp³-hybridized carbons (Fsp3) is 0.200. The van der Waals surface area contributed by atoms with Gasteiger partial charge in [-0.25, -0.2) is 14.0 Å². The first-order valence-corrected chi connectivity index (χ1v) is 11.7. The van der Waals surface area contributed by atoms with Gasteiger partial charge in [0.05, 0.1) is 5.69 Å². The van der Waals surface area contributed by atoms with E-state index >= 15 is 0 Å². The molecule has 37 heavy (non-hydrogen) atoms. The molecule has 0 aliphatic carbocycles. The van der Waals surface area contributed by atoms with Gasteiger partial charge in [-0.3, -0.25) is 14.6 Å². The van der Waals surface area contributed by atoms with Crippen molar-refractivity contribution < 1.29 is 41.4 Å². The predicted molar refractivity (Wildman–Crippen MR) is 124 cm³/mol. The van der Waals surface area contributed by atoms with E-state index in [-0.39, 0.29) is 11.5 Å². The van der Waals surface area contributed by atoms with Crippen LogP contribution in [0.4, 0.5) is 28.0 Å². The van der Waals surface area contributed by atoms with E-state index in [0.717, 1.165) is 9.80 Å². The maximum atomic E-state index is 13.7. The number of alkyl halides is 3. The van der Waals surface area contributed by atoms with E-state index in [4.69, 9.17) is 4.84 Å². The number of pyridine rings is 1. The van der Waals surface area contributed by atoms with Gasteiger partial charge in [0.15, 0.2) is 6.54 Å². The van der Waals surface area contributed by atoms with E-state index in [1.165, 1.54) is 74.4 Å². The van der Waals surface area contributed by atoms with Crippen molar-refractivity contribution in [2.45, 2.75) is 41.9 Å². The maximum absolute atomic E-state index is 13.7. The number of anilines is 1. The topological polar surface area (TPSA) is 76.6 Å². The molecule has 0 N–H and O–H groups in total. The highest BCUT2D eigenvalue weighted by molar-refractivity contribution is 7.99. The van der Waals surface area contributed by atoms with Gasteiger partial charge in [-0.05, 0) is 65.3 Å². The molecule has 1 atom stereocenters. The summed E-state index contributed by atoms with van der Waals surface area (Å²) in [5.41, 5.74) is -1.49. The number of quaternary nitrogens is 1.